The van der Waals surface area contributed by atoms with E-state index in [1.807, 2.05) is 0 Å². The summed E-state index contributed by atoms with van der Waals surface area (Å²) < 4.78 is 4.73. The number of nitro benzene ring substituents is 1. The van der Waals surface area contributed by atoms with Gasteiger partial charge in [-0.15, -0.1) is 0 Å². The van der Waals surface area contributed by atoms with Crippen molar-refractivity contribution in [2.45, 2.75) is 13.3 Å². The largest absolute Gasteiger partial charge is 0.293 e. The van der Waals surface area contributed by atoms with Crippen LogP contribution in [0.3, 0.4) is 0 Å². The number of nitro groups is 1. The van der Waals surface area contributed by atoms with E-state index in [4.69, 9.17) is 4.18 Å². The topological polar surface area (TPSA) is 109 Å². The molecule has 1 atom stereocenters. The fourth-order valence-electron chi connectivity index (χ4n) is 1.56. The van der Waals surface area contributed by atoms with E-state index in [9.17, 15) is 14.9 Å². The SMILES string of the molecule is CC1=NNC(OS)N(/N=C/c2cccc([N+](=O)[O-])c2)C1=O. The molecule has 21 heavy (non-hydrogen) atoms. The number of hydrogen-bond donors (Lipinski definition) is 2. The van der Waals surface area contributed by atoms with E-state index in [0.29, 0.717) is 5.56 Å². The Balaban J connectivity index is 2.23. The van der Waals surface area contributed by atoms with Crippen molar-refractivity contribution in [3.05, 3.63) is 39.9 Å². The van der Waals surface area contributed by atoms with Crippen LogP contribution in [-0.4, -0.2) is 34.1 Å². The second kappa shape index (κ2) is 6.33. The molecule has 1 aromatic carbocycles. The van der Waals surface area contributed by atoms with Gasteiger partial charge in [0.1, 0.15) is 5.71 Å². The van der Waals surface area contributed by atoms with Gasteiger partial charge in [-0.2, -0.15) is 15.2 Å². The molecule has 0 bridgehead atoms. The lowest BCUT2D eigenvalue weighted by atomic mass is 10.2. The highest BCUT2D eigenvalue weighted by Gasteiger charge is 2.29. The second-order valence-electron chi connectivity index (χ2n) is 4.03. The number of hydrazone groups is 2. The molecular formula is C11H11N5O4S. The zero-order valence-corrected chi connectivity index (χ0v) is 11.7. The van der Waals surface area contributed by atoms with Crippen LogP contribution in [0.5, 0.6) is 0 Å². The zero-order chi connectivity index (χ0) is 15.4. The number of nitrogens with zero attached hydrogens (tertiary/aromatic N) is 4. The number of benzene rings is 1. The third kappa shape index (κ3) is 3.35. The number of non-ortho nitro benzene ring substituents is 1. The molecule has 1 heterocycles. The first-order valence-corrected chi connectivity index (χ1v) is 6.11. The average molecular weight is 309 g/mol. The number of nitrogens with one attached hydrogen (secondary N) is 1. The lowest BCUT2D eigenvalue weighted by Gasteiger charge is -2.28. The van der Waals surface area contributed by atoms with Gasteiger partial charge in [0.15, 0.2) is 0 Å². The quantitative estimate of drug-likeness (QED) is 0.282. The summed E-state index contributed by atoms with van der Waals surface area (Å²) in [5.74, 6) is -0.463. The van der Waals surface area contributed by atoms with Gasteiger partial charge in [0.05, 0.1) is 11.1 Å². The highest BCUT2D eigenvalue weighted by Crippen LogP contribution is 2.13. The van der Waals surface area contributed by atoms with Crippen molar-refractivity contribution in [3.8, 4) is 0 Å². The average Bonchev–Trinajstić information content (AvgIpc) is 2.49. The Hall–Kier alpha value is -2.46. The van der Waals surface area contributed by atoms with Crippen LogP contribution in [0, 0.1) is 10.1 Å². The molecule has 0 aliphatic carbocycles. The Morgan fingerprint density at radius 3 is 3.05 bits per heavy atom. The van der Waals surface area contributed by atoms with Gasteiger partial charge in [-0.1, -0.05) is 12.1 Å². The molecule has 1 amide bonds. The molecule has 1 aromatic rings. The van der Waals surface area contributed by atoms with Gasteiger partial charge in [-0.3, -0.25) is 24.5 Å². The zero-order valence-electron chi connectivity index (χ0n) is 10.8. The maximum absolute atomic E-state index is 11.9. The van der Waals surface area contributed by atoms with Crippen LogP contribution < -0.4 is 5.43 Å². The number of amides is 1. The van der Waals surface area contributed by atoms with Crippen LogP contribution >= 0.6 is 12.9 Å². The Kier molecular flexibility index (Phi) is 4.50. The summed E-state index contributed by atoms with van der Waals surface area (Å²) in [4.78, 5) is 22.1. The van der Waals surface area contributed by atoms with E-state index in [1.165, 1.54) is 31.3 Å². The molecule has 0 fully saturated rings. The lowest BCUT2D eigenvalue weighted by Crippen LogP contribution is -2.51. The van der Waals surface area contributed by atoms with Crippen molar-refractivity contribution in [2.75, 3.05) is 0 Å². The molecule has 1 N–H and O–H groups in total. The molecular weight excluding hydrogens is 298 g/mol. The second-order valence-corrected chi connectivity index (χ2v) is 4.24. The number of carbonyl (C=O) groups excluding carboxylic acids is 1. The fourth-order valence-corrected chi connectivity index (χ4v) is 1.69. The molecule has 1 aliphatic heterocycles. The predicted molar refractivity (Wildman–Crippen MR) is 77.6 cm³/mol. The van der Waals surface area contributed by atoms with Crippen LogP contribution in [0.15, 0.2) is 34.5 Å². The predicted octanol–water partition coefficient (Wildman–Crippen LogP) is 0.881. The first kappa shape index (κ1) is 14.9. The Morgan fingerprint density at radius 1 is 1.62 bits per heavy atom. The van der Waals surface area contributed by atoms with E-state index in [1.54, 1.807) is 6.07 Å². The first-order chi connectivity index (χ1) is 10.0. The molecule has 110 valence electrons. The van der Waals surface area contributed by atoms with Crippen molar-refractivity contribution in [2.24, 2.45) is 10.2 Å². The molecule has 0 aromatic heterocycles. The van der Waals surface area contributed by atoms with Gasteiger partial charge >= 0.3 is 0 Å². The molecule has 10 heteroatoms. The molecule has 1 unspecified atom stereocenters. The molecule has 0 spiro atoms. The van der Waals surface area contributed by atoms with Gasteiger partial charge in [-0.05, 0) is 19.8 Å². The van der Waals surface area contributed by atoms with E-state index >= 15 is 0 Å². The third-order valence-corrected chi connectivity index (χ3v) is 2.79. The number of rotatable bonds is 4. The Labute approximate surface area is 125 Å². The highest BCUT2D eigenvalue weighted by atomic mass is 32.1. The van der Waals surface area contributed by atoms with Gasteiger partial charge in [0.2, 0.25) is 0 Å². The summed E-state index contributed by atoms with van der Waals surface area (Å²) in [6, 6.07) is 5.84. The van der Waals surface area contributed by atoms with Crippen molar-refractivity contribution in [3.63, 3.8) is 0 Å². The lowest BCUT2D eigenvalue weighted by molar-refractivity contribution is -0.384. The minimum atomic E-state index is -0.959. The molecule has 0 saturated carbocycles. The van der Waals surface area contributed by atoms with Crippen LogP contribution in [0.25, 0.3) is 0 Å². The van der Waals surface area contributed by atoms with E-state index in [-0.39, 0.29) is 11.4 Å². The standard InChI is InChI=1S/C11H11N5O4S/c1-7-10(17)15(11(20-21)14-13-7)12-6-8-3-2-4-9(5-8)16(18)19/h2-6,11,14,21H,1H3/b12-6+. The fraction of sp³-hybridized carbons (Fsp3) is 0.182. The Bertz CT molecular complexity index is 633. The van der Waals surface area contributed by atoms with E-state index in [2.05, 4.69) is 28.5 Å². The highest BCUT2D eigenvalue weighted by molar-refractivity contribution is 7.75. The van der Waals surface area contributed by atoms with Crippen LogP contribution in [0.1, 0.15) is 12.5 Å². The van der Waals surface area contributed by atoms with Gasteiger partial charge in [-0.25, -0.2) is 0 Å². The van der Waals surface area contributed by atoms with Crippen LogP contribution in [0.2, 0.25) is 0 Å². The first-order valence-electron chi connectivity index (χ1n) is 5.75. The van der Waals surface area contributed by atoms with Crippen LogP contribution in [0.4, 0.5) is 5.69 Å². The monoisotopic (exact) mass is 309 g/mol. The van der Waals surface area contributed by atoms with E-state index < -0.39 is 17.2 Å². The molecule has 0 radical (unpaired) electrons. The molecule has 2 rings (SSSR count). The number of hydrogen-bond acceptors (Lipinski definition) is 8. The van der Waals surface area contributed by atoms with Gasteiger partial charge in [0.25, 0.3) is 17.9 Å². The summed E-state index contributed by atoms with van der Waals surface area (Å²) in [5, 5.41) is 19.4. The maximum atomic E-state index is 11.9. The normalized spacial score (nSPS) is 18.6. The summed E-state index contributed by atoms with van der Waals surface area (Å²) >= 11 is 3.63. The third-order valence-electron chi connectivity index (χ3n) is 2.59. The van der Waals surface area contributed by atoms with Crippen molar-refractivity contribution in [1.29, 1.82) is 0 Å². The number of thiol groups is 1. The summed E-state index contributed by atoms with van der Waals surface area (Å²) in [6.07, 6.45) is 0.352. The summed E-state index contributed by atoms with van der Waals surface area (Å²) in [7, 11) is 0. The molecule has 0 saturated heterocycles. The number of carbonyl (C=O) groups is 1. The van der Waals surface area contributed by atoms with Gasteiger partial charge < -0.3 is 0 Å². The smallest absolute Gasteiger partial charge is 0.271 e. The van der Waals surface area contributed by atoms with E-state index in [0.717, 1.165) is 5.01 Å². The van der Waals surface area contributed by atoms with Gasteiger partial charge in [0, 0.05) is 17.7 Å². The molecule has 1 aliphatic rings. The minimum absolute atomic E-state index is 0.0678. The minimum Gasteiger partial charge on any atom is -0.271 e. The summed E-state index contributed by atoms with van der Waals surface area (Å²) in [6.45, 7) is 1.51. The Morgan fingerprint density at radius 2 is 2.38 bits per heavy atom. The van der Waals surface area contributed by atoms with Crippen LogP contribution in [-0.2, 0) is 8.98 Å². The van der Waals surface area contributed by atoms with Crippen molar-refractivity contribution >= 4 is 36.4 Å². The maximum Gasteiger partial charge on any atom is 0.293 e. The van der Waals surface area contributed by atoms with Crippen molar-refractivity contribution < 1.29 is 13.9 Å². The molecule has 9 nitrogen and oxygen atoms in total. The summed E-state index contributed by atoms with van der Waals surface area (Å²) in [5.41, 5.74) is 3.14. The van der Waals surface area contributed by atoms with Crippen molar-refractivity contribution in [1.82, 2.24) is 10.4 Å².